The molecule has 0 heterocycles. The van der Waals surface area contributed by atoms with E-state index in [9.17, 15) is 19.7 Å². The Balaban J connectivity index is 2.27. The van der Waals surface area contributed by atoms with E-state index in [1.165, 1.54) is 19.2 Å². The number of amides is 2. The lowest BCUT2D eigenvalue weighted by Crippen LogP contribution is -2.56. The Hall–Kier alpha value is -3.04. The Kier molecular flexibility index (Phi) is 8.90. The lowest BCUT2D eigenvalue weighted by molar-refractivity contribution is -0.385. The molecule has 0 spiro atoms. The van der Waals surface area contributed by atoms with E-state index in [0.717, 1.165) is 25.7 Å². The summed E-state index contributed by atoms with van der Waals surface area (Å²) in [5.41, 5.74) is -1.87. The van der Waals surface area contributed by atoms with Gasteiger partial charge in [0.15, 0.2) is 11.5 Å². The predicted octanol–water partition coefficient (Wildman–Crippen LogP) is 4.35. The van der Waals surface area contributed by atoms with Crippen molar-refractivity contribution in [1.29, 1.82) is 0 Å². The van der Waals surface area contributed by atoms with Gasteiger partial charge in [-0.3, -0.25) is 14.9 Å². The molecule has 2 rings (SSSR count). The molecule has 2 N–H and O–H groups in total. The van der Waals surface area contributed by atoms with E-state index in [-0.39, 0.29) is 35.9 Å². The van der Waals surface area contributed by atoms with Gasteiger partial charge in [0.1, 0.15) is 11.2 Å². The van der Waals surface area contributed by atoms with Crippen molar-refractivity contribution in [3.05, 3.63) is 27.8 Å². The van der Waals surface area contributed by atoms with Crippen LogP contribution in [0.2, 0.25) is 0 Å². The number of methoxy groups -OCH3 is 1. The molecular weight excluding hydrogens is 430 g/mol. The SMILES string of the molecule is CCOc1cc([N+](=O)[O-])c(C(=O)NCC2(NC(=O)OC(C)(C)C)CCCCCC2)cc1OC. The van der Waals surface area contributed by atoms with E-state index in [0.29, 0.717) is 12.8 Å². The van der Waals surface area contributed by atoms with Crippen molar-refractivity contribution in [2.24, 2.45) is 0 Å². The topological polar surface area (TPSA) is 129 Å². The van der Waals surface area contributed by atoms with E-state index in [4.69, 9.17) is 14.2 Å². The summed E-state index contributed by atoms with van der Waals surface area (Å²) in [5.74, 6) is -0.212. The number of nitro groups is 1. The molecule has 10 nitrogen and oxygen atoms in total. The lowest BCUT2D eigenvalue weighted by atomic mass is 9.90. The highest BCUT2D eigenvalue weighted by Crippen LogP contribution is 2.35. The molecule has 0 aliphatic heterocycles. The van der Waals surface area contributed by atoms with Crippen LogP contribution in [0.5, 0.6) is 11.5 Å². The summed E-state index contributed by atoms with van der Waals surface area (Å²) in [5, 5.41) is 17.4. The third kappa shape index (κ3) is 7.50. The molecule has 0 unspecified atom stereocenters. The molecular formula is C23H35N3O7. The fraction of sp³-hybridized carbons (Fsp3) is 0.652. The molecule has 1 fully saturated rings. The summed E-state index contributed by atoms with van der Waals surface area (Å²) in [6.45, 7) is 7.51. The van der Waals surface area contributed by atoms with Crippen LogP contribution in [0.25, 0.3) is 0 Å². The summed E-state index contributed by atoms with van der Waals surface area (Å²) in [7, 11) is 1.40. The maximum absolute atomic E-state index is 13.0. The second-order valence-corrected chi connectivity index (χ2v) is 9.21. The van der Waals surface area contributed by atoms with Crippen LogP contribution in [-0.2, 0) is 4.74 Å². The van der Waals surface area contributed by atoms with Gasteiger partial charge in [-0.2, -0.15) is 0 Å². The van der Waals surface area contributed by atoms with Crippen LogP contribution < -0.4 is 20.1 Å². The Bertz CT molecular complexity index is 856. The molecule has 184 valence electrons. The number of carbonyl (C=O) groups excluding carboxylic acids is 2. The van der Waals surface area contributed by atoms with Gasteiger partial charge in [-0.1, -0.05) is 25.7 Å². The van der Waals surface area contributed by atoms with Gasteiger partial charge >= 0.3 is 6.09 Å². The number of hydrogen-bond acceptors (Lipinski definition) is 7. The molecule has 1 aliphatic rings. The van der Waals surface area contributed by atoms with Crippen molar-refractivity contribution < 1.29 is 28.7 Å². The molecule has 1 aliphatic carbocycles. The Morgan fingerprint density at radius 1 is 1.12 bits per heavy atom. The molecule has 33 heavy (non-hydrogen) atoms. The number of hydrogen-bond donors (Lipinski definition) is 2. The minimum absolute atomic E-state index is 0.123. The maximum Gasteiger partial charge on any atom is 0.408 e. The predicted molar refractivity (Wildman–Crippen MR) is 123 cm³/mol. The maximum atomic E-state index is 13.0. The largest absolute Gasteiger partial charge is 0.493 e. The smallest absolute Gasteiger partial charge is 0.408 e. The van der Waals surface area contributed by atoms with Gasteiger partial charge in [-0.25, -0.2) is 4.79 Å². The van der Waals surface area contributed by atoms with Gasteiger partial charge in [0.05, 0.1) is 30.2 Å². The second-order valence-electron chi connectivity index (χ2n) is 9.21. The van der Waals surface area contributed by atoms with Crippen molar-refractivity contribution in [2.45, 2.75) is 77.4 Å². The van der Waals surface area contributed by atoms with E-state index in [2.05, 4.69) is 10.6 Å². The Morgan fingerprint density at radius 3 is 2.27 bits per heavy atom. The Labute approximate surface area is 194 Å². The molecule has 1 aromatic carbocycles. The van der Waals surface area contributed by atoms with Crippen LogP contribution in [0.3, 0.4) is 0 Å². The highest BCUT2D eigenvalue weighted by atomic mass is 16.6. The number of carbonyl (C=O) groups is 2. The number of rotatable bonds is 8. The molecule has 0 atom stereocenters. The van der Waals surface area contributed by atoms with Crippen LogP contribution in [-0.4, -0.2) is 48.3 Å². The molecule has 2 amide bonds. The number of nitrogens with zero attached hydrogens (tertiary/aromatic N) is 1. The van der Waals surface area contributed by atoms with E-state index in [1.54, 1.807) is 27.7 Å². The highest BCUT2D eigenvalue weighted by molar-refractivity contribution is 5.99. The zero-order valence-corrected chi connectivity index (χ0v) is 20.1. The van der Waals surface area contributed by atoms with Crippen molar-refractivity contribution in [3.63, 3.8) is 0 Å². The van der Waals surface area contributed by atoms with Gasteiger partial charge in [0, 0.05) is 12.6 Å². The average Bonchev–Trinajstić information content (AvgIpc) is 2.96. The first kappa shape index (κ1) is 26.2. The highest BCUT2D eigenvalue weighted by Gasteiger charge is 2.35. The van der Waals surface area contributed by atoms with Gasteiger partial charge in [-0.05, 0) is 40.5 Å². The first-order chi connectivity index (χ1) is 15.5. The summed E-state index contributed by atoms with van der Waals surface area (Å²) in [4.78, 5) is 36.6. The van der Waals surface area contributed by atoms with Crippen molar-refractivity contribution in [1.82, 2.24) is 10.6 Å². The normalized spacial score (nSPS) is 15.7. The van der Waals surface area contributed by atoms with Gasteiger partial charge in [0.2, 0.25) is 0 Å². The number of nitro benzene ring substituents is 1. The fourth-order valence-corrected chi connectivity index (χ4v) is 3.93. The number of nitrogens with one attached hydrogen (secondary N) is 2. The first-order valence-corrected chi connectivity index (χ1v) is 11.3. The van der Waals surface area contributed by atoms with Crippen molar-refractivity contribution in [2.75, 3.05) is 20.3 Å². The van der Waals surface area contributed by atoms with Crippen LogP contribution in [0.4, 0.5) is 10.5 Å². The molecule has 0 bridgehead atoms. The average molecular weight is 466 g/mol. The molecule has 10 heteroatoms. The third-order valence-corrected chi connectivity index (χ3v) is 5.44. The molecule has 0 saturated heterocycles. The summed E-state index contributed by atoms with van der Waals surface area (Å²) >= 11 is 0. The van der Waals surface area contributed by atoms with E-state index in [1.807, 2.05) is 0 Å². The number of alkyl carbamates (subject to hydrolysis) is 1. The van der Waals surface area contributed by atoms with Crippen LogP contribution >= 0.6 is 0 Å². The molecule has 1 saturated carbocycles. The summed E-state index contributed by atoms with van der Waals surface area (Å²) < 4.78 is 16.1. The number of ether oxygens (including phenoxy) is 3. The molecule has 0 radical (unpaired) electrons. The molecule has 1 aromatic rings. The van der Waals surface area contributed by atoms with Crippen LogP contribution in [0.15, 0.2) is 12.1 Å². The zero-order valence-electron chi connectivity index (χ0n) is 20.1. The fourth-order valence-electron chi connectivity index (χ4n) is 3.93. The summed E-state index contributed by atoms with van der Waals surface area (Å²) in [6, 6.07) is 2.50. The van der Waals surface area contributed by atoms with E-state index >= 15 is 0 Å². The monoisotopic (exact) mass is 465 g/mol. The summed E-state index contributed by atoms with van der Waals surface area (Å²) in [6.07, 6.45) is 4.64. The van der Waals surface area contributed by atoms with Gasteiger partial charge in [0.25, 0.3) is 11.6 Å². The standard InChI is InChI=1S/C23H35N3O7/c1-6-32-19-14-17(26(29)30)16(13-18(19)31-5)20(27)24-15-23(11-9-7-8-10-12-23)25-21(28)33-22(2,3)4/h13-14H,6-12,15H2,1-5H3,(H,24,27)(H,25,28). The quantitative estimate of drug-likeness (QED) is 0.332. The van der Waals surface area contributed by atoms with E-state index < -0.39 is 28.1 Å². The molecule has 0 aromatic heterocycles. The van der Waals surface area contributed by atoms with Crippen LogP contribution in [0, 0.1) is 10.1 Å². The van der Waals surface area contributed by atoms with Crippen LogP contribution in [0.1, 0.15) is 76.6 Å². The lowest BCUT2D eigenvalue weighted by Gasteiger charge is -2.35. The van der Waals surface area contributed by atoms with Gasteiger partial charge < -0.3 is 24.8 Å². The van der Waals surface area contributed by atoms with Gasteiger partial charge in [-0.15, -0.1) is 0 Å². The second kappa shape index (κ2) is 11.2. The first-order valence-electron chi connectivity index (χ1n) is 11.3. The minimum atomic E-state index is -0.696. The minimum Gasteiger partial charge on any atom is -0.493 e. The van der Waals surface area contributed by atoms with Crippen molar-refractivity contribution >= 4 is 17.7 Å². The number of benzene rings is 1. The van der Waals surface area contributed by atoms with Crippen molar-refractivity contribution in [3.8, 4) is 11.5 Å². The third-order valence-electron chi connectivity index (χ3n) is 5.44. The zero-order chi connectivity index (χ0) is 24.6. The Morgan fingerprint density at radius 2 is 1.76 bits per heavy atom.